The van der Waals surface area contributed by atoms with Gasteiger partial charge < -0.3 is 10.1 Å². The Labute approximate surface area is 122 Å². The normalized spacial score (nSPS) is 16.6. The highest BCUT2D eigenvalue weighted by molar-refractivity contribution is 5.85. The van der Waals surface area contributed by atoms with Gasteiger partial charge in [-0.05, 0) is 17.7 Å². The molecule has 1 saturated heterocycles. The van der Waals surface area contributed by atoms with Crippen molar-refractivity contribution in [1.82, 2.24) is 10.2 Å². The Bertz CT molecular complexity index is 409. The predicted octanol–water partition coefficient (Wildman–Crippen LogP) is 2.45. The van der Waals surface area contributed by atoms with Crippen LogP contribution in [0, 0.1) is 0 Å². The van der Waals surface area contributed by atoms with Crippen LogP contribution in [0.5, 0.6) is 5.75 Å². The lowest BCUT2D eigenvalue weighted by Gasteiger charge is -2.27. The third-order valence-corrected chi connectivity index (χ3v) is 2.92. The zero-order valence-corrected chi connectivity index (χ0v) is 11.8. The lowest BCUT2D eigenvalue weighted by Crippen LogP contribution is -2.42. The van der Waals surface area contributed by atoms with Crippen molar-refractivity contribution in [3.63, 3.8) is 0 Å². The number of piperazine rings is 1. The van der Waals surface area contributed by atoms with Crippen molar-refractivity contribution in [3.8, 4) is 5.75 Å². The number of benzene rings is 1. The van der Waals surface area contributed by atoms with E-state index in [0.717, 1.165) is 38.3 Å². The number of alkyl halides is 3. The maximum absolute atomic E-state index is 12.1. The summed E-state index contributed by atoms with van der Waals surface area (Å²) in [6.45, 7) is 3.30. The average Bonchev–Trinajstić information content (AvgIpc) is 2.37. The first-order valence-corrected chi connectivity index (χ1v) is 6.24. The number of nitrogens with zero attached hydrogens (tertiary/aromatic N) is 1. The van der Waals surface area contributed by atoms with E-state index in [9.17, 15) is 13.2 Å². The summed E-state index contributed by atoms with van der Waals surface area (Å²) >= 11 is 0. The van der Waals surface area contributed by atoms with Gasteiger partial charge >= 0.3 is 6.18 Å². The van der Waals surface area contributed by atoms with E-state index in [-0.39, 0.29) is 18.2 Å². The molecule has 1 aliphatic heterocycles. The van der Waals surface area contributed by atoms with Gasteiger partial charge in [-0.1, -0.05) is 12.1 Å². The van der Waals surface area contributed by atoms with Crippen LogP contribution in [0.4, 0.5) is 13.2 Å². The van der Waals surface area contributed by atoms with Gasteiger partial charge in [-0.2, -0.15) is 13.2 Å². The van der Waals surface area contributed by atoms with Crippen LogP contribution in [0.15, 0.2) is 24.3 Å². The van der Waals surface area contributed by atoms with Gasteiger partial charge in [0, 0.05) is 32.7 Å². The van der Waals surface area contributed by atoms with Gasteiger partial charge in [0.2, 0.25) is 0 Å². The summed E-state index contributed by atoms with van der Waals surface area (Å²) < 4.78 is 41.0. The van der Waals surface area contributed by atoms with Gasteiger partial charge in [-0.25, -0.2) is 0 Å². The van der Waals surface area contributed by atoms with Gasteiger partial charge in [0.15, 0.2) is 6.61 Å². The average molecular weight is 311 g/mol. The van der Waals surface area contributed by atoms with Gasteiger partial charge in [0.05, 0.1) is 0 Å². The molecule has 0 amide bonds. The Morgan fingerprint density at radius 3 is 2.55 bits per heavy atom. The molecule has 0 spiro atoms. The molecule has 1 heterocycles. The molecular formula is C13H18ClF3N2O. The van der Waals surface area contributed by atoms with Crippen molar-refractivity contribution in [1.29, 1.82) is 0 Å². The lowest BCUT2D eigenvalue weighted by molar-refractivity contribution is -0.153. The molecule has 7 heteroatoms. The smallest absolute Gasteiger partial charge is 0.422 e. The molecule has 1 N–H and O–H groups in total. The monoisotopic (exact) mass is 310 g/mol. The van der Waals surface area contributed by atoms with E-state index < -0.39 is 12.8 Å². The zero-order valence-electron chi connectivity index (χ0n) is 10.9. The molecular weight excluding hydrogens is 293 g/mol. The Kier molecular flexibility index (Phi) is 6.58. The maximum Gasteiger partial charge on any atom is 0.422 e. The van der Waals surface area contributed by atoms with Crippen molar-refractivity contribution in [3.05, 3.63) is 29.8 Å². The third kappa shape index (κ3) is 5.98. The fourth-order valence-electron chi connectivity index (χ4n) is 2.03. The first-order valence-electron chi connectivity index (χ1n) is 6.24. The van der Waals surface area contributed by atoms with Gasteiger partial charge in [0.25, 0.3) is 0 Å². The summed E-state index contributed by atoms with van der Waals surface area (Å²) in [4.78, 5) is 2.26. The summed E-state index contributed by atoms with van der Waals surface area (Å²) in [7, 11) is 0. The van der Waals surface area contributed by atoms with E-state index in [1.807, 2.05) is 6.07 Å². The highest BCUT2D eigenvalue weighted by Gasteiger charge is 2.28. The Hall–Kier alpha value is -0.980. The minimum absolute atomic E-state index is 0. The molecule has 0 aliphatic carbocycles. The SMILES string of the molecule is Cl.FC(F)(F)COc1cccc(CN2CCNCC2)c1. The van der Waals surface area contributed by atoms with Crippen LogP contribution < -0.4 is 10.1 Å². The van der Waals surface area contributed by atoms with E-state index in [1.54, 1.807) is 18.2 Å². The topological polar surface area (TPSA) is 24.5 Å². The van der Waals surface area contributed by atoms with E-state index in [0.29, 0.717) is 0 Å². The lowest BCUT2D eigenvalue weighted by atomic mass is 10.2. The van der Waals surface area contributed by atoms with Gasteiger partial charge in [-0.3, -0.25) is 4.90 Å². The van der Waals surface area contributed by atoms with Crippen molar-refractivity contribution < 1.29 is 17.9 Å². The van der Waals surface area contributed by atoms with Crippen LogP contribution in [-0.4, -0.2) is 43.9 Å². The van der Waals surface area contributed by atoms with E-state index in [1.165, 1.54) is 0 Å². The highest BCUT2D eigenvalue weighted by atomic mass is 35.5. The molecule has 0 unspecified atom stereocenters. The van der Waals surface area contributed by atoms with E-state index in [2.05, 4.69) is 10.2 Å². The molecule has 1 aliphatic rings. The summed E-state index contributed by atoms with van der Waals surface area (Å²) in [6, 6.07) is 6.85. The molecule has 0 saturated carbocycles. The van der Waals surface area contributed by atoms with Crippen LogP contribution >= 0.6 is 12.4 Å². The summed E-state index contributed by atoms with van der Waals surface area (Å²) in [5.74, 6) is 0.268. The Morgan fingerprint density at radius 2 is 1.90 bits per heavy atom. The van der Waals surface area contributed by atoms with Crippen molar-refractivity contribution in [2.75, 3.05) is 32.8 Å². The number of rotatable bonds is 4. The molecule has 1 fully saturated rings. The van der Waals surface area contributed by atoms with Gasteiger partial charge in [-0.15, -0.1) is 12.4 Å². The molecule has 3 nitrogen and oxygen atoms in total. The highest BCUT2D eigenvalue weighted by Crippen LogP contribution is 2.20. The van der Waals surface area contributed by atoms with Crippen LogP contribution in [0.2, 0.25) is 0 Å². The number of nitrogens with one attached hydrogen (secondary N) is 1. The summed E-state index contributed by atoms with van der Waals surface area (Å²) in [5, 5.41) is 3.26. The predicted molar refractivity (Wildman–Crippen MR) is 73.4 cm³/mol. The first-order chi connectivity index (χ1) is 9.03. The van der Waals surface area contributed by atoms with Crippen LogP contribution in [0.1, 0.15) is 5.56 Å². The van der Waals surface area contributed by atoms with Crippen molar-refractivity contribution in [2.45, 2.75) is 12.7 Å². The van der Waals surface area contributed by atoms with E-state index in [4.69, 9.17) is 4.74 Å². The first kappa shape index (κ1) is 17.1. The summed E-state index contributed by atoms with van der Waals surface area (Å²) in [5.41, 5.74) is 0.974. The minimum Gasteiger partial charge on any atom is -0.484 e. The van der Waals surface area contributed by atoms with E-state index >= 15 is 0 Å². The molecule has 0 radical (unpaired) electrons. The molecule has 114 valence electrons. The second-order valence-corrected chi connectivity index (χ2v) is 4.58. The standard InChI is InChI=1S/C13H17F3N2O.ClH/c14-13(15,16)10-19-12-3-1-2-11(8-12)9-18-6-4-17-5-7-18;/h1-3,8,17H,4-7,9-10H2;1H. The molecule has 1 aromatic rings. The number of hydrogen-bond donors (Lipinski definition) is 1. The Morgan fingerprint density at radius 1 is 1.20 bits per heavy atom. The fourth-order valence-corrected chi connectivity index (χ4v) is 2.03. The van der Waals surface area contributed by atoms with Crippen LogP contribution in [0.3, 0.4) is 0 Å². The zero-order chi connectivity index (χ0) is 13.7. The molecule has 0 bridgehead atoms. The molecule has 0 atom stereocenters. The second kappa shape index (κ2) is 7.71. The number of hydrogen-bond acceptors (Lipinski definition) is 3. The van der Waals surface area contributed by atoms with Crippen molar-refractivity contribution >= 4 is 12.4 Å². The Balaban J connectivity index is 0.00000200. The number of ether oxygens (including phenoxy) is 1. The molecule has 0 aromatic heterocycles. The second-order valence-electron chi connectivity index (χ2n) is 4.58. The number of halogens is 4. The van der Waals surface area contributed by atoms with Gasteiger partial charge in [0.1, 0.15) is 5.75 Å². The molecule has 1 aromatic carbocycles. The third-order valence-electron chi connectivity index (χ3n) is 2.92. The molecule has 20 heavy (non-hydrogen) atoms. The van der Waals surface area contributed by atoms with Crippen molar-refractivity contribution in [2.24, 2.45) is 0 Å². The minimum atomic E-state index is -4.30. The van der Waals surface area contributed by atoms with Crippen LogP contribution in [0.25, 0.3) is 0 Å². The quantitative estimate of drug-likeness (QED) is 0.924. The summed E-state index contributed by atoms with van der Waals surface area (Å²) in [6.07, 6.45) is -4.30. The van der Waals surface area contributed by atoms with Crippen LogP contribution in [-0.2, 0) is 6.54 Å². The largest absolute Gasteiger partial charge is 0.484 e. The maximum atomic E-state index is 12.1. The molecule has 2 rings (SSSR count). The fraction of sp³-hybridized carbons (Fsp3) is 0.538.